The maximum atomic E-state index is 13.6. The molecule has 1 aromatic heterocycles. The number of fused-ring (bicyclic) bond motifs is 1. The number of anilines is 4. The van der Waals surface area contributed by atoms with E-state index in [4.69, 9.17) is 10.5 Å². The molecule has 9 nitrogen and oxygen atoms in total. The van der Waals surface area contributed by atoms with Crippen LogP contribution in [0.3, 0.4) is 0 Å². The second-order valence-corrected chi connectivity index (χ2v) is 9.13. The number of hydrogen-bond donors (Lipinski definition) is 4. The number of aliphatic hydroxyl groups is 1. The Morgan fingerprint density at radius 2 is 1.73 bits per heavy atom. The molecule has 0 radical (unpaired) electrons. The van der Waals surface area contributed by atoms with Crippen LogP contribution in [0, 0.1) is 0 Å². The van der Waals surface area contributed by atoms with Gasteiger partial charge in [0, 0.05) is 30.5 Å². The van der Waals surface area contributed by atoms with Crippen LogP contribution in [0.25, 0.3) is 0 Å². The van der Waals surface area contributed by atoms with Gasteiger partial charge in [0.2, 0.25) is 5.95 Å². The highest BCUT2D eigenvalue weighted by molar-refractivity contribution is 5.98. The van der Waals surface area contributed by atoms with Crippen molar-refractivity contribution in [1.82, 2.24) is 14.9 Å². The van der Waals surface area contributed by atoms with Crippen LogP contribution in [0.2, 0.25) is 0 Å². The quantitative estimate of drug-likeness (QED) is 0.309. The minimum atomic E-state index is -6.13. The first-order valence-corrected chi connectivity index (χ1v) is 11.7. The minimum absolute atomic E-state index is 0.172. The predicted octanol–water partition coefficient (Wildman–Crippen LogP) is 4.37. The summed E-state index contributed by atoms with van der Waals surface area (Å²) in [6, 6.07) is 7.00. The first-order chi connectivity index (χ1) is 18.7. The SMILES string of the molecule is COc1cc2c(cc1Nc1ncc(C(N)=O)c(Nc3ccccc3C(O)(C(F)(F)F)C(F)(F)F)n1)CN(C)CC2. The van der Waals surface area contributed by atoms with E-state index in [1.165, 1.54) is 7.11 Å². The average molecular weight is 570 g/mol. The number of carbonyl (C=O) groups is 1. The van der Waals surface area contributed by atoms with Crippen LogP contribution in [-0.2, 0) is 18.6 Å². The van der Waals surface area contributed by atoms with E-state index in [9.17, 15) is 36.2 Å². The summed E-state index contributed by atoms with van der Waals surface area (Å²) in [5.74, 6) is -1.34. The van der Waals surface area contributed by atoms with E-state index in [2.05, 4.69) is 25.5 Å². The number of carbonyl (C=O) groups excluding carboxylic acids is 1. The average Bonchev–Trinajstić information content (AvgIpc) is 2.86. The molecule has 1 amide bonds. The van der Waals surface area contributed by atoms with Gasteiger partial charge in [-0.2, -0.15) is 31.3 Å². The van der Waals surface area contributed by atoms with Crippen molar-refractivity contribution in [1.29, 1.82) is 0 Å². The summed E-state index contributed by atoms with van der Waals surface area (Å²) in [7, 11) is 3.41. The van der Waals surface area contributed by atoms with Gasteiger partial charge in [0.15, 0.2) is 0 Å². The lowest BCUT2D eigenvalue weighted by Gasteiger charge is -2.34. The number of alkyl halides is 6. The fraction of sp³-hybridized carbons (Fsp3) is 0.320. The third-order valence-corrected chi connectivity index (χ3v) is 6.42. The van der Waals surface area contributed by atoms with Crippen molar-refractivity contribution in [2.45, 2.75) is 30.9 Å². The molecule has 0 bridgehead atoms. The van der Waals surface area contributed by atoms with Gasteiger partial charge in [0.25, 0.3) is 11.5 Å². The first-order valence-electron chi connectivity index (χ1n) is 11.7. The number of para-hydroxylation sites is 1. The maximum absolute atomic E-state index is 13.6. The van der Waals surface area contributed by atoms with Crippen LogP contribution in [0.15, 0.2) is 42.6 Å². The van der Waals surface area contributed by atoms with E-state index < -0.39 is 46.5 Å². The second kappa shape index (κ2) is 10.5. The summed E-state index contributed by atoms with van der Waals surface area (Å²) in [6.45, 7) is 1.51. The van der Waals surface area contributed by atoms with Crippen LogP contribution >= 0.6 is 0 Å². The first kappa shape index (κ1) is 28.9. The summed E-state index contributed by atoms with van der Waals surface area (Å²) in [4.78, 5) is 22.2. The number of primary amides is 1. The van der Waals surface area contributed by atoms with Crippen molar-refractivity contribution < 1.29 is 41.0 Å². The van der Waals surface area contributed by atoms with Gasteiger partial charge in [-0.05, 0) is 42.8 Å². The Hall–Kier alpha value is -4.11. The standard InChI is InChI=1S/C25H24F6N6O3/c1-37-8-7-13-10-19(40-2)18(9-14(13)12-37)35-22-33-11-15(20(32)38)21(36-22)34-17-6-4-3-5-16(17)23(39,24(26,27)28)25(29,30)31/h3-6,9-11,39H,7-8,12H2,1-2H3,(H2,32,38)(H2,33,34,35,36). The van der Waals surface area contributed by atoms with E-state index >= 15 is 0 Å². The van der Waals surface area contributed by atoms with Gasteiger partial charge in [-0.15, -0.1) is 0 Å². The number of benzene rings is 2. The molecule has 4 rings (SSSR count). The van der Waals surface area contributed by atoms with Gasteiger partial charge in [-0.1, -0.05) is 18.2 Å². The van der Waals surface area contributed by atoms with Crippen LogP contribution < -0.4 is 21.1 Å². The van der Waals surface area contributed by atoms with Gasteiger partial charge in [-0.3, -0.25) is 4.79 Å². The number of likely N-dealkylation sites (N-methyl/N-ethyl adjacent to an activating group) is 1. The number of hydrogen-bond acceptors (Lipinski definition) is 8. The maximum Gasteiger partial charge on any atom is 0.430 e. The molecule has 1 aliphatic rings. The van der Waals surface area contributed by atoms with Gasteiger partial charge in [-0.25, -0.2) is 4.98 Å². The molecule has 0 spiro atoms. The molecule has 3 aromatic rings. The van der Waals surface area contributed by atoms with Gasteiger partial charge in [0.05, 0.1) is 12.8 Å². The molecule has 40 heavy (non-hydrogen) atoms. The molecular formula is C25H24F6N6O3. The van der Waals surface area contributed by atoms with E-state index in [0.29, 0.717) is 24.0 Å². The Labute approximate surface area is 224 Å². The van der Waals surface area contributed by atoms with Crippen LogP contribution in [0.4, 0.5) is 49.5 Å². The number of ether oxygens (including phenoxy) is 1. The Bertz CT molecular complexity index is 1420. The minimum Gasteiger partial charge on any atom is -0.495 e. The molecule has 0 unspecified atom stereocenters. The van der Waals surface area contributed by atoms with Gasteiger partial charge < -0.3 is 31.1 Å². The molecule has 0 aliphatic carbocycles. The van der Waals surface area contributed by atoms with Crippen molar-refractivity contribution in [2.75, 3.05) is 31.3 Å². The highest BCUT2D eigenvalue weighted by atomic mass is 19.4. The molecule has 2 heterocycles. The third kappa shape index (κ3) is 5.34. The lowest BCUT2D eigenvalue weighted by Crippen LogP contribution is -2.54. The Kier molecular flexibility index (Phi) is 7.56. The van der Waals surface area contributed by atoms with E-state index in [1.807, 2.05) is 19.2 Å². The number of methoxy groups -OCH3 is 1. The summed E-state index contributed by atoms with van der Waals surface area (Å²) < 4.78 is 87.1. The summed E-state index contributed by atoms with van der Waals surface area (Å²) in [5, 5.41) is 15.2. The third-order valence-electron chi connectivity index (χ3n) is 6.42. The predicted molar refractivity (Wildman–Crippen MR) is 133 cm³/mol. The molecule has 5 N–H and O–H groups in total. The highest BCUT2D eigenvalue weighted by Gasteiger charge is 2.72. The van der Waals surface area contributed by atoms with Crippen molar-refractivity contribution in [3.05, 3.63) is 64.8 Å². The molecule has 0 fully saturated rings. The van der Waals surface area contributed by atoms with Crippen molar-refractivity contribution in [3.8, 4) is 5.75 Å². The number of rotatable bonds is 7. The number of nitrogens with one attached hydrogen (secondary N) is 2. The van der Waals surface area contributed by atoms with Crippen LogP contribution in [0.1, 0.15) is 27.0 Å². The molecule has 0 atom stereocenters. The van der Waals surface area contributed by atoms with Gasteiger partial charge >= 0.3 is 12.4 Å². The Morgan fingerprint density at radius 1 is 1.05 bits per heavy atom. The zero-order valence-electron chi connectivity index (χ0n) is 21.1. The van der Waals surface area contributed by atoms with Crippen molar-refractivity contribution in [2.24, 2.45) is 5.73 Å². The van der Waals surface area contributed by atoms with Crippen LogP contribution in [0.5, 0.6) is 5.75 Å². The number of aromatic nitrogens is 2. The van der Waals surface area contributed by atoms with E-state index in [0.717, 1.165) is 48.5 Å². The van der Waals surface area contributed by atoms with Crippen LogP contribution in [-0.4, -0.2) is 58.9 Å². The lowest BCUT2D eigenvalue weighted by atomic mass is 9.90. The molecule has 2 aromatic carbocycles. The molecule has 0 saturated carbocycles. The number of halogens is 6. The summed E-state index contributed by atoms with van der Waals surface area (Å²) in [5.41, 5.74) is -0.176. The van der Waals surface area contributed by atoms with Gasteiger partial charge in [0.1, 0.15) is 17.1 Å². The Morgan fingerprint density at radius 3 is 2.35 bits per heavy atom. The fourth-order valence-electron chi connectivity index (χ4n) is 4.33. The molecule has 0 saturated heterocycles. The molecular weight excluding hydrogens is 546 g/mol. The Balaban J connectivity index is 1.77. The lowest BCUT2D eigenvalue weighted by molar-refractivity contribution is -0.376. The number of nitrogens with two attached hydrogens (primary N) is 1. The van der Waals surface area contributed by atoms with E-state index in [1.54, 1.807) is 0 Å². The van der Waals surface area contributed by atoms with Crippen molar-refractivity contribution >= 4 is 29.0 Å². The highest BCUT2D eigenvalue weighted by Crippen LogP contribution is 2.52. The molecule has 214 valence electrons. The smallest absolute Gasteiger partial charge is 0.430 e. The van der Waals surface area contributed by atoms with E-state index in [-0.39, 0.29) is 5.95 Å². The number of amides is 1. The molecule has 15 heteroatoms. The zero-order chi connectivity index (χ0) is 29.5. The largest absolute Gasteiger partial charge is 0.495 e. The molecule has 1 aliphatic heterocycles. The zero-order valence-corrected chi connectivity index (χ0v) is 21.1. The monoisotopic (exact) mass is 570 g/mol. The second-order valence-electron chi connectivity index (χ2n) is 9.13. The topological polar surface area (TPSA) is 126 Å². The fourth-order valence-corrected chi connectivity index (χ4v) is 4.33. The van der Waals surface area contributed by atoms with Crippen molar-refractivity contribution in [3.63, 3.8) is 0 Å². The number of nitrogens with zero attached hydrogens (tertiary/aromatic N) is 3. The summed E-state index contributed by atoms with van der Waals surface area (Å²) >= 11 is 0. The summed E-state index contributed by atoms with van der Waals surface area (Å²) in [6.07, 6.45) is -10.5. The normalized spacial score (nSPS) is 14.4.